The van der Waals surface area contributed by atoms with Crippen LogP contribution in [0.25, 0.3) is 10.9 Å². The monoisotopic (exact) mass is 237 g/mol. The number of nitrogens with zero attached hydrogens (tertiary/aromatic N) is 1. The zero-order valence-corrected chi connectivity index (χ0v) is 8.71. The quantitative estimate of drug-likeness (QED) is 0.700. The Morgan fingerprint density at radius 3 is 2.69 bits per heavy atom. The molecule has 2 aromatic rings. The molecule has 1 heterocycles. The number of para-hydroxylation sites is 1. The third kappa shape index (κ3) is 1.11. The highest BCUT2D eigenvalue weighted by Crippen LogP contribution is 2.28. The van der Waals surface area contributed by atoms with E-state index in [-0.39, 0.29) is 0 Å². The maximum Gasteiger partial charge on any atom is 0.167 e. The topological polar surface area (TPSA) is 22.0 Å². The van der Waals surface area contributed by atoms with Crippen molar-refractivity contribution in [3.63, 3.8) is 0 Å². The second-order valence-electron chi connectivity index (χ2n) is 2.89. The third-order valence-electron chi connectivity index (χ3n) is 2.20. The summed E-state index contributed by atoms with van der Waals surface area (Å²) in [6.45, 7) is 0. The molecule has 0 aliphatic carbocycles. The van der Waals surface area contributed by atoms with E-state index in [4.69, 9.17) is 0 Å². The Kier molecular flexibility index (Phi) is 1.96. The molecule has 0 N–H and O–H groups in total. The maximum absolute atomic E-state index is 10.8. The van der Waals surface area contributed by atoms with Gasteiger partial charge < -0.3 is 4.57 Å². The maximum atomic E-state index is 10.8. The number of fused-ring (bicyclic) bond motifs is 1. The summed E-state index contributed by atoms with van der Waals surface area (Å²) in [5, 5.41) is 1.08. The number of hydrogen-bond donors (Lipinski definition) is 0. The highest BCUT2D eigenvalue weighted by Gasteiger charge is 2.10. The average Bonchev–Trinajstić information content (AvgIpc) is 2.41. The van der Waals surface area contributed by atoms with Crippen molar-refractivity contribution in [2.45, 2.75) is 0 Å². The lowest BCUT2D eigenvalue weighted by Gasteiger charge is -1.95. The van der Waals surface area contributed by atoms with Crippen molar-refractivity contribution in [2.75, 3.05) is 0 Å². The van der Waals surface area contributed by atoms with Crippen LogP contribution in [0.2, 0.25) is 0 Å². The third-order valence-corrected chi connectivity index (χ3v) is 3.03. The molecule has 0 saturated carbocycles. The van der Waals surface area contributed by atoms with Gasteiger partial charge in [-0.15, -0.1) is 0 Å². The van der Waals surface area contributed by atoms with Gasteiger partial charge in [0.05, 0.1) is 10.2 Å². The van der Waals surface area contributed by atoms with Gasteiger partial charge in [-0.05, 0) is 22.0 Å². The minimum Gasteiger partial charge on any atom is -0.340 e. The number of aldehydes is 1. The number of aryl methyl sites for hydroxylation is 1. The predicted octanol–water partition coefficient (Wildman–Crippen LogP) is 2.75. The number of aromatic nitrogens is 1. The van der Waals surface area contributed by atoms with Gasteiger partial charge in [0.15, 0.2) is 6.29 Å². The molecule has 0 aliphatic rings. The van der Waals surface area contributed by atoms with Gasteiger partial charge in [0.1, 0.15) is 0 Å². The molecule has 0 saturated heterocycles. The Hall–Kier alpha value is -1.09. The van der Waals surface area contributed by atoms with Crippen LogP contribution < -0.4 is 0 Å². The molecule has 2 rings (SSSR count). The summed E-state index contributed by atoms with van der Waals surface area (Å²) < 4.78 is 2.76. The molecule has 1 aromatic carbocycles. The van der Waals surface area contributed by atoms with Crippen molar-refractivity contribution in [1.29, 1.82) is 0 Å². The smallest absolute Gasteiger partial charge is 0.167 e. The molecule has 0 atom stereocenters. The van der Waals surface area contributed by atoms with E-state index in [0.29, 0.717) is 5.69 Å². The van der Waals surface area contributed by atoms with E-state index in [1.807, 2.05) is 35.9 Å². The van der Waals surface area contributed by atoms with Gasteiger partial charge in [0.2, 0.25) is 0 Å². The lowest BCUT2D eigenvalue weighted by Crippen LogP contribution is -1.93. The molecule has 66 valence electrons. The van der Waals surface area contributed by atoms with E-state index in [1.165, 1.54) is 0 Å². The number of halogens is 1. The Morgan fingerprint density at radius 2 is 2.08 bits per heavy atom. The van der Waals surface area contributed by atoms with Gasteiger partial charge in [0.25, 0.3) is 0 Å². The number of rotatable bonds is 1. The van der Waals surface area contributed by atoms with Gasteiger partial charge >= 0.3 is 0 Å². The second-order valence-corrected chi connectivity index (χ2v) is 3.69. The molecule has 0 bridgehead atoms. The second kappa shape index (κ2) is 3.00. The standard InChI is InChI=1S/C10H8BrNO/c1-12-8-5-3-2-4-7(8)10(11)9(12)6-13/h2-6H,1H3. The lowest BCUT2D eigenvalue weighted by molar-refractivity contribution is 0.111. The first-order chi connectivity index (χ1) is 6.25. The Balaban J connectivity index is 2.96. The summed E-state index contributed by atoms with van der Waals surface area (Å²) >= 11 is 3.41. The fourth-order valence-corrected chi connectivity index (χ4v) is 2.19. The van der Waals surface area contributed by atoms with Gasteiger partial charge in [-0.2, -0.15) is 0 Å². The molecule has 0 radical (unpaired) electrons. The van der Waals surface area contributed by atoms with Crippen LogP contribution in [0.3, 0.4) is 0 Å². The molecule has 0 amide bonds. The highest BCUT2D eigenvalue weighted by atomic mass is 79.9. The van der Waals surface area contributed by atoms with Crippen molar-refractivity contribution in [2.24, 2.45) is 7.05 Å². The van der Waals surface area contributed by atoms with E-state index in [2.05, 4.69) is 15.9 Å². The normalized spacial score (nSPS) is 10.6. The Morgan fingerprint density at radius 1 is 1.38 bits per heavy atom. The SMILES string of the molecule is Cn1c(C=O)c(Br)c2ccccc21. The minimum absolute atomic E-state index is 0.682. The Labute approximate surface area is 84.3 Å². The van der Waals surface area contributed by atoms with Crippen LogP contribution in [0.1, 0.15) is 10.5 Å². The van der Waals surface area contributed by atoms with Crippen LogP contribution in [0.15, 0.2) is 28.7 Å². The number of hydrogen-bond acceptors (Lipinski definition) is 1. The Bertz CT molecular complexity index is 434. The van der Waals surface area contributed by atoms with Gasteiger partial charge in [0, 0.05) is 18.0 Å². The summed E-state index contributed by atoms with van der Waals surface area (Å²) in [7, 11) is 1.89. The molecule has 0 aliphatic heterocycles. The van der Waals surface area contributed by atoms with Crippen molar-refractivity contribution in [1.82, 2.24) is 4.57 Å². The summed E-state index contributed by atoms with van der Waals surface area (Å²) in [6.07, 6.45) is 0.865. The number of carbonyl (C=O) groups excluding carboxylic acids is 1. The van der Waals surface area contributed by atoms with E-state index in [9.17, 15) is 4.79 Å². The first-order valence-corrected chi connectivity index (χ1v) is 4.73. The van der Waals surface area contributed by atoms with Gasteiger partial charge in [-0.25, -0.2) is 0 Å². The fourth-order valence-electron chi connectivity index (χ4n) is 1.50. The van der Waals surface area contributed by atoms with Crippen LogP contribution in [0.4, 0.5) is 0 Å². The molecule has 0 unspecified atom stereocenters. The summed E-state index contributed by atoms with van der Waals surface area (Å²) in [6, 6.07) is 7.91. The van der Waals surface area contributed by atoms with Crippen molar-refractivity contribution >= 4 is 33.1 Å². The predicted molar refractivity (Wildman–Crippen MR) is 56.0 cm³/mol. The number of carbonyl (C=O) groups is 1. The molecule has 0 spiro atoms. The molecule has 2 nitrogen and oxygen atoms in total. The summed E-state index contributed by atoms with van der Waals surface area (Å²) in [5.41, 5.74) is 1.75. The first-order valence-electron chi connectivity index (χ1n) is 3.94. The van der Waals surface area contributed by atoms with E-state index < -0.39 is 0 Å². The molecule has 1 aromatic heterocycles. The summed E-state index contributed by atoms with van der Waals surface area (Å²) in [5.74, 6) is 0. The van der Waals surface area contributed by atoms with E-state index in [0.717, 1.165) is 21.7 Å². The van der Waals surface area contributed by atoms with Crippen LogP contribution in [-0.4, -0.2) is 10.9 Å². The van der Waals surface area contributed by atoms with Gasteiger partial charge in [-0.3, -0.25) is 4.79 Å². The fraction of sp³-hybridized carbons (Fsp3) is 0.100. The zero-order valence-electron chi connectivity index (χ0n) is 7.12. The van der Waals surface area contributed by atoms with Crippen molar-refractivity contribution in [3.05, 3.63) is 34.4 Å². The van der Waals surface area contributed by atoms with E-state index >= 15 is 0 Å². The van der Waals surface area contributed by atoms with Crippen LogP contribution in [0.5, 0.6) is 0 Å². The number of benzene rings is 1. The molecular weight excluding hydrogens is 230 g/mol. The molecule has 0 fully saturated rings. The van der Waals surface area contributed by atoms with Crippen molar-refractivity contribution in [3.8, 4) is 0 Å². The van der Waals surface area contributed by atoms with Crippen LogP contribution >= 0.6 is 15.9 Å². The van der Waals surface area contributed by atoms with Crippen LogP contribution in [-0.2, 0) is 7.05 Å². The molecule has 13 heavy (non-hydrogen) atoms. The highest BCUT2D eigenvalue weighted by molar-refractivity contribution is 9.10. The molecule has 3 heteroatoms. The largest absolute Gasteiger partial charge is 0.340 e. The zero-order chi connectivity index (χ0) is 9.42. The summed E-state index contributed by atoms with van der Waals surface area (Å²) in [4.78, 5) is 10.8. The first kappa shape index (κ1) is 8.51. The van der Waals surface area contributed by atoms with Crippen molar-refractivity contribution < 1.29 is 4.79 Å². The van der Waals surface area contributed by atoms with Crippen LogP contribution in [0, 0.1) is 0 Å². The lowest BCUT2D eigenvalue weighted by atomic mass is 10.2. The molecular formula is C10H8BrNO. The van der Waals surface area contributed by atoms with E-state index in [1.54, 1.807) is 0 Å². The van der Waals surface area contributed by atoms with Gasteiger partial charge in [-0.1, -0.05) is 18.2 Å². The minimum atomic E-state index is 0.682. The average molecular weight is 238 g/mol.